The number of hydrogen-bond acceptors (Lipinski definition) is 4. The molecule has 0 radical (unpaired) electrons. The Bertz CT molecular complexity index is 832. The lowest BCUT2D eigenvalue weighted by Gasteiger charge is -2.17. The summed E-state index contributed by atoms with van der Waals surface area (Å²) < 4.78 is 1.53. The maximum absolute atomic E-state index is 12.5. The second-order valence-electron chi connectivity index (χ2n) is 5.45. The van der Waals surface area contributed by atoms with E-state index in [4.69, 9.17) is 0 Å². The van der Waals surface area contributed by atoms with Crippen molar-refractivity contribution in [2.24, 2.45) is 0 Å². The van der Waals surface area contributed by atoms with Gasteiger partial charge >= 0.3 is 0 Å². The number of benzene rings is 1. The molecule has 5 nitrogen and oxygen atoms in total. The van der Waals surface area contributed by atoms with Crippen molar-refractivity contribution in [3.8, 4) is 0 Å². The summed E-state index contributed by atoms with van der Waals surface area (Å²) in [7, 11) is 0. The Hall–Kier alpha value is -2.92. The molecular weight excluding hydrogens is 294 g/mol. The van der Waals surface area contributed by atoms with Gasteiger partial charge in [0.2, 0.25) is 17.2 Å². The van der Waals surface area contributed by atoms with Crippen LogP contribution in [0.3, 0.4) is 0 Å². The van der Waals surface area contributed by atoms with Crippen molar-refractivity contribution < 1.29 is 24.1 Å². The van der Waals surface area contributed by atoms with Gasteiger partial charge in [-0.3, -0.25) is 14.4 Å². The fourth-order valence-corrected chi connectivity index (χ4v) is 2.70. The Labute approximate surface area is 132 Å². The molecule has 0 aliphatic heterocycles. The number of fused-ring (bicyclic) bond motifs is 1. The highest BCUT2D eigenvalue weighted by molar-refractivity contribution is 6.35. The molecule has 0 saturated heterocycles. The molecule has 1 aliphatic rings. The van der Waals surface area contributed by atoms with Gasteiger partial charge in [0.05, 0.1) is 0 Å². The minimum absolute atomic E-state index is 0.127. The van der Waals surface area contributed by atoms with E-state index in [-0.39, 0.29) is 16.7 Å². The minimum atomic E-state index is -2.47. The Balaban J connectivity index is 2.14. The van der Waals surface area contributed by atoms with Gasteiger partial charge in [-0.2, -0.15) is 4.57 Å². The number of rotatable bonds is 3. The van der Waals surface area contributed by atoms with Crippen molar-refractivity contribution in [3.05, 3.63) is 71.1 Å². The average molecular weight is 308 g/mol. The third-order valence-corrected chi connectivity index (χ3v) is 3.88. The fourth-order valence-electron chi connectivity index (χ4n) is 2.70. The number of aryl methyl sites for hydroxylation is 1. The summed E-state index contributed by atoms with van der Waals surface area (Å²) in [4.78, 5) is 36.5. The molecule has 114 valence electrons. The van der Waals surface area contributed by atoms with Crippen LogP contribution < -0.4 is 4.57 Å². The molecule has 1 aliphatic carbocycles. The van der Waals surface area contributed by atoms with Crippen LogP contribution in [-0.4, -0.2) is 28.6 Å². The van der Waals surface area contributed by atoms with Gasteiger partial charge in [-0.05, 0) is 13.0 Å². The number of hydrogen-bond donors (Lipinski definition) is 1. The van der Waals surface area contributed by atoms with Crippen LogP contribution in [0.1, 0.15) is 26.3 Å². The van der Waals surface area contributed by atoms with Crippen molar-refractivity contribution in [1.29, 1.82) is 0 Å². The lowest BCUT2D eigenvalue weighted by atomic mass is 9.89. The number of nitrogens with zero attached hydrogens (tertiary/aromatic N) is 1. The Morgan fingerprint density at radius 2 is 1.70 bits per heavy atom. The van der Waals surface area contributed by atoms with E-state index < -0.39 is 17.2 Å². The summed E-state index contributed by atoms with van der Waals surface area (Å²) >= 11 is 0. The third-order valence-electron chi connectivity index (χ3n) is 3.88. The smallest absolute Gasteiger partial charge is 0.225 e. The molecule has 23 heavy (non-hydrogen) atoms. The number of aldehydes is 1. The second kappa shape index (κ2) is 5.37. The van der Waals surface area contributed by atoms with Crippen LogP contribution in [0.4, 0.5) is 0 Å². The van der Waals surface area contributed by atoms with Gasteiger partial charge < -0.3 is 5.11 Å². The summed E-state index contributed by atoms with van der Waals surface area (Å²) in [6.45, 7) is 1.86. The fraction of sp³-hybridized carbons (Fsp3) is 0.111. The lowest BCUT2D eigenvalue weighted by molar-refractivity contribution is -0.569. The van der Waals surface area contributed by atoms with Gasteiger partial charge in [-0.1, -0.05) is 24.3 Å². The maximum Gasteiger partial charge on any atom is 0.225 e. The Morgan fingerprint density at radius 3 is 2.22 bits per heavy atom. The van der Waals surface area contributed by atoms with Gasteiger partial charge in [0.15, 0.2) is 24.9 Å². The molecule has 0 bridgehead atoms. The topological polar surface area (TPSA) is 75.3 Å². The molecule has 5 heteroatoms. The molecule has 1 aromatic heterocycles. The van der Waals surface area contributed by atoms with Crippen LogP contribution in [0.25, 0.3) is 6.20 Å². The zero-order chi connectivity index (χ0) is 16.6. The van der Waals surface area contributed by atoms with Crippen molar-refractivity contribution >= 4 is 24.1 Å². The summed E-state index contributed by atoms with van der Waals surface area (Å²) in [5.74, 6) is -1.55. The average Bonchev–Trinajstić information content (AvgIpc) is 2.76. The first-order valence-electron chi connectivity index (χ1n) is 7.04. The van der Waals surface area contributed by atoms with E-state index in [1.54, 1.807) is 30.6 Å². The normalized spacial score (nSPS) is 16.3. The largest absolute Gasteiger partial charge is 0.370 e. The summed E-state index contributed by atoms with van der Waals surface area (Å²) in [6, 6.07) is 9.77. The van der Waals surface area contributed by atoms with Crippen molar-refractivity contribution in [2.45, 2.75) is 12.5 Å². The number of Topliss-reactive ketones (excluding diaryl/α,β-unsaturated/α-hetero) is 2. The van der Waals surface area contributed by atoms with Crippen molar-refractivity contribution in [3.63, 3.8) is 0 Å². The molecular formula is C18H14NO4+. The predicted octanol–water partition coefficient (Wildman–Crippen LogP) is 1.13. The van der Waals surface area contributed by atoms with E-state index in [0.717, 1.165) is 5.56 Å². The number of carbonyl (C=O) groups is 3. The van der Waals surface area contributed by atoms with E-state index in [2.05, 4.69) is 0 Å². The summed E-state index contributed by atoms with van der Waals surface area (Å²) in [6.07, 6.45) is 5.00. The van der Waals surface area contributed by atoms with Crippen LogP contribution in [0.5, 0.6) is 0 Å². The summed E-state index contributed by atoms with van der Waals surface area (Å²) in [5.41, 5.74) is -1.58. The molecule has 0 unspecified atom stereocenters. The van der Waals surface area contributed by atoms with E-state index in [1.807, 2.05) is 13.0 Å². The molecule has 0 atom stereocenters. The number of aromatic nitrogens is 1. The molecule has 0 spiro atoms. The van der Waals surface area contributed by atoms with Crippen LogP contribution in [0.15, 0.2) is 54.4 Å². The quantitative estimate of drug-likeness (QED) is 0.399. The van der Waals surface area contributed by atoms with E-state index >= 15 is 0 Å². The standard InChI is InChI=1S/C18H14NO4/c1-12-5-4-8-19(9-12)10-13(11-20)18(23)16(21)14-6-2-3-7-15(14)17(18)22/h2-11,23H,1H3/q+1/b13-10+. The molecule has 0 fully saturated rings. The van der Waals surface area contributed by atoms with Crippen molar-refractivity contribution in [1.82, 2.24) is 0 Å². The second-order valence-corrected chi connectivity index (χ2v) is 5.45. The van der Waals surface area contributed by atoms with Gasteiger partial charge in [-0.25, -0.2) is 0 Å². The first-order valence-corrected chi connectivity index (χ1v) is 7.04. The van der Waals surface area contributed by atoms with Gasteiger partial charge in [0.25, 0.3) is 0 Å². The third kappa shape index (κ3) is 2.22. The van der Waals surface area contributed by atoms with Crippen LogP contribution in [-0.2, 0) is 4.79 Å². The number of ketones is 2. The van der Waals surface area contributed by atoms with Gasteiger partial charge in [0.1, 0.15) is 5.57 Å². The SMILES string of the molecule is Cc1ccc[n+](/C=C(\C=O)C2(O)C(=O)c3ccccc3C2=O)c1. The van der Waals surface area contributed by atoms with E-state index in [9.17, 15) is 19.5 Å². The first-order chi connectivity index (χ1) is 11.0. The lowest BCUT2D eigenvalue weighted by Crippen LogP contribution is -2.45. The molecule has 3 rings (SSSR count). The molecule has 0 amide bonds. The molecule has 0 saturated carbocycles. The van der Waals surface area contributed by atoms with Crippen LogP contribution in [0.2, 0.25) is 0 Å². The number of pyridine rings is 1. The molecule has 1 heterocycles. The number of carbonyl (C=O) groups excluding carboxylic acids is 3. The zero-order valence-electron chi connectivity index (χ0n) is 12.4. The Kier molecular flexibility index (Phi) is 3.50. The first kappa shape index (κ1) is 15.0. The highest BCUT2D eigenvalue weighted by Gasteiger charge is 2.55. The molecule has 1 N–H and O–H groups in total. The maximum atomic E-state index is 12.5. The van der Waals surface area contributed by atoms with E-state index in [0.29, 0.717) is 6.29 Å². The summed E-state index contributed by atoms with van der Waals surface area (Å²) in [5, 5.41) is 10.7. The van der Waals surface area contributed by atoms with Crippen molar-refractivity contribution in [2.75, 3.05) is 0 Å². The Morgan fingerprint density at radius 1 is 1.09 bits per heavy atom. The van der Waals surface area contributed by atoms with Crippen LogP contribution in [0, 0.1) is 6.92 Å². The van der Waals surface area contributed by atoms with Gasteiger partial charge in [-0.15, -0.1) is 0 Å². The molecule has 1 aromatic carbocycles. The monoisotopic (exact) mass is 308 g/mol. The highest BCUT2D eigenvalue weighted by atomic mass is 16.3. The number of aliphatic hydroxyl groups is 1. The zero-order valence-corrected chi connectivity index (χ0v) is 12.4. The highest BCUT2D eigenvalue weighted by Crippen LogP contribution is 2.34. The minimum Gasteiger partial charge on any atom is -0.370 e. The molecule has 2 aromatic rings. The van der Waals surface area contributed by atoms with Gasteiger partial charge in [0, 0.05) is 22.8 Å². The van der Waals surface area contributed by atoms with Crippen LogP contribution >= 0.6 is 0 Å². The van der Waals surface area contributed by atoms with E-state index in [1.165, 1.54) is 22.9 Å². The predicted molar refractivity (Wildman–Crippen MR) is 81.8 cm³/mol.